The monoisotopic (exact) mass is 516 g/mol. The number of rotatable bonds is 10. The van der Waals surface area contributed by atoms with Crippen molar-refractivity contribution in [2.45, 2.75) is 83.0 Å². The van der Waals surface area contributed by atoms with Crippen molar-refractivity contribution in [3.05, 3.63) is 65.9 Å². The lowest BCUT2D eigenvalue weighted by molar-refractivity contribution is -0.117. The van der Waals surface area contributed by atoms with Gasteiger partial charge in [-0.1, -0.05) is 49.6 Å². The molecule has 7 nitrogen and oxygen atoms in total. The molecule has 0 spiro atoms. The van der Waals surface area contributed by atoms with Crippen LogP contribution in [0.4, 0.5) is 5.69 Å². The van der Waals surface area contributed by atoms with Gasteiger partial charge in [-0.25, -0.2) is 0 Å². The smallest absolute Gasteiger partial charge is 0.251 e. The van der Waals surface area contributed by atoms with Gasteiger partial charge in [-0.15, -0.1) is 0 Å². The van der Waals surface area contributed by atoms with Crippen LogP contribution in [-0.2, 0) is 17.8 Å². The van der Waals surface area contributed by atoms with E-state index < -0.39 is 12.1 Å². The highest BCUT2D eigenvalue weighted by molar-refractivity contribution is 6.08. The number of aromatic nitrogens is 1. The molecule has 2 fully saturated rings. The first-order chi connectivity index (χ1) is 18.5. The van der Waals surface area contributed by atoms with E-state index in [1.54, 1.807) is 0 Å². The van der Waals surface area contributed by atoms with Gasteiger partial charge >= 0.3 is 0 Å². The average molecular weight is 517 g/mol. The van der Waals surface area contributed by atoms with Gasteiger partial charge in [0.05, 0.1) is 23.3 Å². The van der Waals surface area contributed by atoms with E-state index in [0.29, 0.717) is 37.5 Å². The summed E-state index contributed by atoms with van der Waals surface area (Å²) in [5, 5.41) is 18.9. The first kappa shape index (κ1) is 26.4. The highest BCUT2D eigenvalue weighted by Crippen LogP contribution is 2.32. The number of carbonyl (C=O) groups excluding carboxylic acids is 2. The molecule has 202 valence electrons. The minimum Gasteiger partial charge on any atom is -0.390 e. The summed E-state index contributed by atoms with van der Waals surface area (Å²) in [6, 6.07) is 15.7. The Hall–Kier alpha value is -3.16. The molecule has 2 atom stereocenters. The predicted octanol–water partition coefficient (Wildman–Crippen LogP) is 4.41. The molecule has 1 saturated heterocycles. The molecule has 0 bridgehead atoms. The van der Waals surface area contributed by atoms with E-state index in [1.165, 1.54) is 19.3 Å². The lowest BCUT2D eigenvalue weighted by Crippen LogP contribution is -2.50. The third-order valence-electron chi connectivity index (χ3n) is 8.13. The van der Waals surface area contributed by atoms with Crippen molar-refractivity contribution in [1.82, 2.24) is 15.2 Å². The Morgan fingerprint density at radius 1 is 1.08 bits per heavy atom. The van der Waals surface area contributed by atoms with Crippen LogP contribution in [0.2, 0.25) is 0 Å². The molecule has 1 aliphatic carbocycles. The fourth-order valence-corrected chi connectivity index (χ4v) is 5.95. The molecule has 2 amide bonds. The van der Waals surface area contributed by atoms with Gasteiger partial charge in [-0.2, -0.15) is 0 Å². The van der Waals surface area contributed by atoms with E-state index in [1.807, 2.05) is 59.6 Å². The zero-order chi connectivity index (χ0) is 26.5. The van der Waals surface area contributed by atoms with Gasteiger partial charge in [-0.3, -0.25) is 9.59 Å². The van der Waals surface area contributed by atoms with Crippen molar-refractivity contribution in [3.63, 3.8) is 0 Å². The minimum absolute atomic E-state index is 0.0965. The fourth-order valence-electron chi connectivity index (χ4n) is 5.95. The second-order valence-electron chi connectivity index (χ2n) is 10.8. The zero-order valence-electron chi connectivity index (χ0n) is 22.4. The molecule has 1 aliphatic heterocycles. The van der Waals surface area contributed by atoms with Gasteiger partial charge in [0.2, 0.25) is 5.91 Å². The van der Waals surface area contributed by atoms with E-state index in [0.717, 1.165) is 48.0 Å². The lowest BCUT2D eigenvalue weighted by Gasteiger charge is -2.28. The zero-order valence-corrected chi connectivity index (χ0v) is 22.4. The Morgan fingerprint density at radius 2 is 1.87 bits per heavy atom. The van der Waals surface area contributed by atoms with Crippen LogP contribution in [0, 0.1) is 0 Å². The summed E-state index contributed by atoms with van der Waals surface area (Å²) in [5.41, 5.74) is 3.30. The standard InChI is InChI=1S/C31H40N4O3/c1-2-34-17-15-25-27(34)19-23(20-28(25)35-16-9-14-30(35)37)31(38)33-26(18-22-10-5-3-6-11-22)29(36)21-32-24-12-7-4-8-13-24/h3,5-6,10-11,15,17,19-20,24,26,29,32,36H,2,4,7-9,12-14,16,18,21H2,1H3,(H,33,38)/t26-,29+/m0/s1. The average Bonchev–Trinajstić information content (AvgIpc) is 3.57. The molecule has 0 unspecified atom stereocenters. The number of aliphatic hydroxyl groups excluding tert-OH is 1. The molecular weight excluding hydrogens is 476 g/mol. The van der Waals surface area contributed by atoms with Crippen molar-refractivity contribution in [3.8, 4) is 0 Å². The Morgan fingerprint density at radius 3 is 2.58 bits per heavy atom. The quantitative estimate of drug-likeness (QED) is 0.373. The van der Waals surface area contributed by atoms with Crippen molar-refractivity contribution >= 4 is 28.4 Å². The number of amides is 2. The molecule has 3 N–H and O–H groups in total. The number of anilines is 1. The number of hydrogen-bond acceptors (Lipinski definition) is 4. The Bertz CT molecular complexity index is 1250. The molecule has 7 heteroatoms. The van der Waals surface area contributed by atoms with Crippen LogP contribution >= 0.6 is 0 Å². The molecule has 1 saturated carbocycles. The number of nitrogens with one attached hydrogen (secondary N) is 2. The number of aliphatic hydroxyl groups is 1. The lowest BCUT2D eigenvalue weighted by atomic mass is 9.95. The number of nitrogens with zero attached hydrogens (tertiary/aromatic N) is 2. The summed E-state index contributed by atoms with van der Waals surface area (Å²) < 4.78 is 2.10. The minimum atomic E-state index is -0.732. The molecule has 0 radical (unpaired) electrons. The van der Waals surface area contributed by atoms with Crippen LogP contribution in [0.5, 0.6) is 0 Å². The van der Waals surface area contributed by atoms with Crippen molar-refractivity contribution in [2.75, 3.05) is 18.0 Å². The molecule has 38 heavy (non-hydrogen) atoms. The van der Waals surface area contributed by atoms with Crippen LogP contribution in [0.1, 0.15) is 67.8 Å². The summed E-state index contributed by atoms with van der Waals surface area (Å²) in [5.74, 6) is -0.138. The summed E-state index contributed by atoms with van der Waals surface area (Å²) in [6.07, 6.45) is 9.17. The van der Waals surface area contributed by atoms with E-state index >= 15 is 0 Å². The van der Waals surface area contributed by atoms with Gasteiger partial charge in [0.1, 0.15) is 0 Å². The molecule has 2 aliphatic rings. The third kappa shape index (κ3) is 5.94. The first-order valence-electron chi connectivity index (χ1n) is 14.2. The van der Waals surface area contributed by atoms with Gasteiger partial charge < -0.3 is 25.2 Å². The molecule has 5 rings (SSSR count). The highest BCUT2D eigenvalue weighted by Gasteiger charge is 2.27. The first-order valence-corrected chi connectivity index (χ1v) is 14.2. The second-order valence-corrected chi connectivity index (χ2v) is 10.8. The van der Waals surface area contributed by atoms with Crippen molar-refractivity contribution in [2.24, 2.45) is 0 Å². The van der Waals surface area contributed by atoms with Gasteiger partial charge in [0.15, 0.2) is 0 Å². The largest absolute Gasteiger partial charge is 0.390 e. The van der Waals surface area contributed by atoms with E-state index in [-0.39, 0.29) is 11.8 Å². The number of benzene rings is 2. The summed E-state index contributed by atoms with van der Waals surface area (Å²) in [7, 11) is 0. The maximum absolute atomic E-state index is 13.7. The van der Waals surface area contributed by atoms with E-state index in [2.05, 4.69) is 22.1 Å². The normalized spacial score (nSPS) is 18.2. The number of carbonyl (C=O) groups is 2. The van der Waals surface area contributed by atoms with Gasteiger partial charge in [0.25, 0.3) is 5.91 Å². The predicted molar refractivity (Wildman–Crippen MR) is 151 cm³/mol. The Balaban J connectivity index is 1.40. The Kier molecular flexibility index (Phi) is 8.45. The molecular formula is C31H40N4O3. The van der Waals surface area contributed by atoms with E-state index in [9.17, 15) is 14.7 Å². The SMILES string of the molecule is CCn1ccc2c(N3CCCC3=O)cc(C(=O)N[C@@H](Cc3ccccc3)[C@H](O)CNC3CCCCC3)cc21. The molecule has 1 aromatic heterocycles. The van der Waals surface area contributed by atoms with E-state index in [4.69, 9.17) is 0 Å². The van der Waals surface area contributed by atoms with Crippen LogP contribution in [-0.4, -0.2) is 52.8 Å². The van der Waals surface area contributed by atoms with Gasteiger partial charge in [-0.05, 0) is 56.4 Å². The van der Waals surface area contributed by atoms with Crippen LogP contribution in [0.25, 0.3) is 10.9 Å². The second kappa shape index (κ2) is 12.1. The van der Waals surface area contributed by atoms with Crippen LogP contribution < -0.4 is 15.5 Å². The topological polar surface area (TPSA) is 86.6 Å². The maximum Gasteiger partial charge on any atom is 0.251 e. The van der Waals surface area contributed by atoms with Crippen molar-refractivity contribution in [1.29, 1.82) is 0 Å². The van der Waals surface area contributed by atoms with Crippen molar-refractivity contribution < 1.29 is 14.7 Å². The Labute approximate surface area is 225 Å². The van der Waals surface area contributed by atoms with Gasteiger partial charge in [0, 0.05) is 49.2 Å². The fraction of sp³-hybridized carbons (Fsp3) is 0.484. The summed E-state index contributed by atoms with van der Waals surface area (Å²) >= 11 is 0. The molecule has 3 aromatic rings. The summed E-state index contributed by atoms with van der Waals surface area (Å²) in [6.45, 7) is 3.94. The molecule has 2 heterocycles. The third-order valence-corrected chi connectivity index (χ3v) is 8.13. The maximum atomic E-state index is 13.7. The highest BCUT2D eigenvalue weighted by atomic mass is 16.3. The number of fused-ring (bicyclic) bond motifs is 1. The summed E-state index contributed by atoms with van der Waals surface area (Å²) in [4.78, 5) is 28.2. The van der Waals surface area contributed by atoms with Crippen LogP contribution in [0.15, 0.2) is 54.7 Å². The molecule has 2 aromatic carbocycles. The number of hydrogen-bond donors (Lipinski definition) is 3. The van der Waals surface area contributed by atoms with Crippen LogP contribution in [0.3, 0.4) is 0 Å². The number of aryl methyl sites for hydroxylation is 1.